The molecule has 0 spiro atoms. The van der Waals surface area contributed by atoms with Gasteiger partial charge in [-0.15, -0.1) is 0 Å². The molecule has 0 saturated carbocycles. The fraction of sp³-hybridized carbons (Fsp3) is 0.636. The maximum Gasteiger partial charge on any atom is 0.318 e. The molecule has 0 aromatic rings. The number of fused-ring (bicyclic) bond motifs is 1. The van der Waals surface area contributed by atoms with Crippen molar-refractivity contribution in [3.05, 3.63) is 11.1 Å². The van der Waals surface area contributed by atoms with E-state index in [-0.39, 0.29) is 29.7 Å². The van der Waals surface area contributed by atoms with Gasteiger partial charge in [0.05, 0.1) is 11.8 Å². The molecule has 1 fully saturated rings. The summed E-state index contributed by atoms with van der Waals surface area (Å²) in [5.41, 5.74) is 2.46. The van der Waals surface area contributed by atoms with Gasteiger partial charge in [0.15, 0.2) is 0 Å². The topological polar surface area (TPSA) is 43.4 Å². The lowest BCUT2D eigenvalue weighted by Crippen LogP contribution is -2.30. The second-order valence-electron chi connectivity index (χ2n) is 4.33. The average Bonchev–Trinajstić information content (AvgIpc) is 2.38. The number of ether oxygens (including phenoxy) is 1. The average molecular weight is 194 g/mol. The predicted molar refractivity (Wildman–Crippen MR) is 50.2 cm³/mol. The van der Waals surface area contributed by atoms with Gasteiger partial charge in [-0.1, -0.05) is 18.1 Å². The van der Waals surface area contributed by atoms with Crippen molar-refractivity contribution in [2.75, 3.05) is 0 Å². The number of hydrogen-bond donors (Lipinski definition) is 0. The fourth-order valence-corrected chi connectivity index (χ4v) is 2.47. The van der Waals surface area contributed by atoms with E-state index in [2.05, 4.69) is 4.74 Å². The quantitative estimate of drug-likeness (QED) is 0.335. The highest BCUT2D eigenvalue weighted by Gasteiger charge is 2.49. The minimum absolute atomic E-state index is 0.146. The van der Waals surface area contributed by atoms with Gasteiger partial charge >= 0.3 is 11.9 Å². The summed E-state index contributed by atoms with van der Waals surface area (Å²) in [4.78, 5) is 22.8. The summed E-state index contributed by atoms with van der Waals surface area (Å²) in [5.74, 6) is -0.974. The molecule has 0 bridgehead atoms. The molecule has 76 valence electrons. The Morgan fingerprint density at radius 2 is 1.86 bits per heavy atom. The Balaban J connectivity index is 2.40. The van der Waals surface area contributed by atoms with Gasteiger partial charge in [0.2, 0.25) is 0 Å². The first-order valence-electron chi connectivity index (χ1n) is 4.94. The third-order valence-electron chi connectivity index (χ3n) is 3.63. The van der Waals surface area contributed by atoms with Crippen molar-refractivity contribution in [1.29, 1.82) is 0 Å². The summed E-state index contributed by atoms with van der Waals surface area (Å²) in [5, 5.41) is 0. The van der Waals surface area contributed by atoms with Crippen LogP contribution in [0.15, 0.2) is 11.1 Å². The summed E-state index contributed by atoms with van der Waals surface area (Å²) in [6.45, 7) is 6.06. The van der Waals surface area contributed by atoms with Gasteiger partial charge in [-0.2, -0.15) is 0 Å². The Hall–Kier alpha value is -1.12. The summed E-state index contributed by atoms with van der Waals surface area (Å²) < 4.78 is 4.67. The molecule has 0 aromatic heterocycles. The Bertz CT molecular complexity index is 340. The minimum atomic E-state index is -0.335. The maximum absolute atomic E-state index is 11.4. The van der Waals surface area contributed by atoms with Crippen LogP contribution in [0.25, 0.3) is 0 Å². The van der Waals surface area contributed by atoms with E-state index in [1.807, 2.05) is 20.8 Å². The number of rotatable bonds is 0. The van der Waals surface area contributed by atoms with E-state index in [9.17, 15) is 9.59 Å². The first-order valence-corrected chi connectivity index (χ1v) is 4.94. The number of hydrogen-bond acceptors (Lipinski definition) is 3. The van der Waals surface area contributed by atoms with Gasteiger partial charge in [-0.05, 0) is 26.2 Å². The molecular formula is C11H14O3. The first kappa shape index (κ1) is 9.44. The number of allylic oxidation sites excluding steroid dienone is 2. The van der Waals surface area contributed by atoms with Crippen LogP contribution in [0.1, 0.15) is 27.2 Å². The largest absolute Gasteiger partial charge is 0.393 e. The fourth-order valence-electron chi connectivity index (χ4n) is 2.47. The van der Waals surface area contributed by atoms with Gasteiger partial charge in [0, 0.05) is 0 Å². The molecule has 3 atom stereocenters. The molecule has 1 aliphatic heterocycles. The van der Waals surface area contributed by atoms with Crippen molar-refractivity contribution >= 4 is 11.9 Å². The third kappa shape index (κ3) is 1.11. The third-order valence-corrected chi connectivity index (χ3v) is 3.63. The van der Waals surface area contributed by atoms with Crippen LogP contribution in [0.5, 0.6) is 0 Å². The lowest BCUT2D eigenvalue weighted by molar-refractivity contribution is -0.154. The van der Waals surface area contributed by atoms with E-state index < -0.39 is 0 Å². The van der Waals surface area contributed by atoms with Crippen LogP contribution >= 0.6 is 0 Å². The molecule has 1 heterocycles. The van der Waals surface area contributed by atoms with Crippen LogP contribution < -0.4 is 0 Å². The highest BCUT2D eigenvalue weighted by Crippen LogP contribution is 2.42. The van der Waals surface area contributed by atoms with Gasteiger partial charge in [-0.3, -0.25) is 9.59 Å². The number of carbonyl (C=O) groups is 2. The zero-order chi connectivity index (χ0) is 10.5. The van der Waals surface area contributed by atoms with Crippen molar-refractivity contribution < 1.29 is 14.3 Å². The Morgan fingerprint density at radius 3 is 2.50 bits per heavy atom. The molecule has 0 aromatic carbocycles. The van der Waals surface area contributed by atoms with E-state index in [4.69, 9.17) is 0 Å². The second-order valence-corrected chi connectivity index (χ2v) is 4.33. The summed E-state index contributed by atoms with van der Waals surface area (Å²) in [6.07, 6.45) is 0.686. The van der Waals surface area contributed by atoms with Crippen LogP contribution in [-0.4, -0.2) is 11.9 Å². The first-order chi connectivity index (χ1) is 6.52. The van der Waals surface area contributed by atoms with Gasteiger partial charge in [0.1, 0.15) is 0 Å². The van der Waals surface area contributed by atoms with E-state index in [1.54, 1.807) is 0 Å². The van der Waals surface area contributed by atoms with Crippen molar-refractivity contribution in [1.82, 2.24) is 0 Å². The predicted octanol–water partition coefficient (Wildman–Crippen LogP) is 1.68. The van der Waals surface area contributed by atoms with Gasteiger partial charge < -0.3 is 4.74 Å². The molecule has 0 N–H and O–H groups in total. The van der Waals surface area contributed by atoms with Crippen molar-refractivity contribution in [2.45, 2.75) is 27.2 Å². The van der Waals surface area contributed by atoms with Crippen molar-refractivity contribution in [3.8, 4) is 0 Å². The smallest absolute Gasteiger partial charge is 0.318 e. The van der Waals surface area contributed by atoms with Crippen LogP contribution in [0.3, 0.4) is 0 Å². The molecule has 1 saturated heterocycles. The maximum atomic E-state index is 11.4. The monoisotopic (exact) mass is 194 g/mol. The van der Waals surface area contributed by atoms with Crippen LogP contribution in [0.4, 0.5) is 0 Å². The van der Waals surface area contributed by atoms with E-state index in [0.717, 1.165) is 0 Å². The molecular weight excluding hydrogens is 180 g/mol. The summed E-state index contributed by atoms with van der Waals surface area (Å²) in [7, 11) is 0. The van der Waals surface area contributed by atoms with E-state index in [1.165, 1.54) is 11.1 Å². The van der Waals surface area contributed by atoms with Crippen LogP contribution in [0, 0.1) is 17.8 Å². The molecule has 1 aliphatic carbocycles. The lowest BCUT2D eigenvalue weighted by atomic mass is 9.71. The SMILES string of the molecule is CC1=C(C)C(C)C2C(=O)OC(=O)C2C1. The van der Waals surface area contributed by atoms with E-state index in [0.29, 0.717) is 6.42 Å². The molecule has 0 radical (unpaired) electrons. The molecule has 0 amide bonds. The number of cyclic esters (lactones) is 2. The Labute approximate surface area is 83.1 Å². The van der Waals surface area contributed by atoms with Gasteiger partial charge in [0.25, 0.3) is 0 Å². The standard InChI is InChI=1S/C11H14O3/c1-5-4-8-9(7(3)6(5)2)11(13)14-10(8)12/h7-9H,4H2,1-3H3. The molecule has 2 rings (SSSR count). The zero-order valence-electron chi connectivity index (χ0n) is 8.66. The van der Waals surface area contributed by atoms with E-state index >= 15 is 0 Å². The second kappa shape index (κ2) is 2.94. The Kier molecular flexibility index (Phi) is 1.98. The number of carbonyl (C=O) groups excluding carboxylic acids is 2. The molecule has 3 heteroatoms. The minimum Gasteiger partial charge on any atom is -0.393 e. The molecule has 3 nitrogen and oxygen atoms in total. The normalized spacial score (nSPS) is 37.2. The van der Waals surface area contributed by atoms with Crippen LogP contribution in [0.2, 0.25) is 0 Å². The summed E-state index contributed by atoms with van der Waals surface area (Å²) >= 11 is 0. The van der Waals surface area contributed by atoms with Crippen molar-refractivity contribution in [3.63, 3.8) is 0 Å². The van der Waals surface area contributed by atoms with Crippen molar-refractivity contribution in [2.24, 2.45) is 17.8 Å². The Morgan fingerprint density at radius 1 is 1.21 bits per heavy atom. The molecule has 2 aliphatic rings. The van der Waals surface area contributed by atoms with Gasteiger partial charge in [-0.25, -0.2) is 0 Å². The highest BCUT2D eigenvalue weighted by molar-refractivity contribution is 5.97. The molecule has 3 unspecified atom stereocenters. The number of esters is 2. The molecule has 14 heavy (non-hydrogen) atoms. The lowest BCUT2D eigenvalue weighted by Gasteiger charge is -2.28. The van der Waals surface area contributed by atoms with Crippen LogP contribution in [-0.2, 0) is 14.3 Å². The zero-order valence-corrected chi connectivity index (χ0v) is 8.66. The summed E-state index contributed by atoms with van der Waals surface area (Å²) in [6, 6.07) is 0. The highest BCUT2D eigenvalue weighted by atomic mass is 16.6.